The predicted molar refractivity (Wildman–Crippen MR) is 121 cm³/mol. The summed E-state index contributed by atoms with van der Waals surface area (Å²) in [7, 11) is 2.20. The second-order valence-electron chi connectivity index (χ2n) is 10.6. The molecule has 0 spiro atoms. The van der Waals surface area contributed by atoms with Crippen LogP contribution in [-0.4, -0.2) is 48.2 Å². The van der Waals surface area contributed by atoms with E-state index < -0.39 is 0 Å². The molecule has 5 unspecified atom stereocenters. The first-order chi connectivity index (χ1) is 14.6. The maximum atomic E-state index is 13.6. The zero-order chi connectivity index (χ0) is 20.8. The van der Waals surface area contributed by atoms with Gasteiger partial charge in [0.15, 0.2) is 0 Å². The number of aliphatic hydroxyl groups excluding tert-OH is 1. The zero-order valence-electron chi connectivity index (χ0n) is 18.7. The van der Waals surface area contributed by atoms with E-state index in [1.807, 2.05) is 0 Å². The Bertz CT molecular complexity index is 789. The Morgan fingerprint density at radius 2 is 2.03 bits per heavy atom. The number of nitrogens with zero attached hydrogens (tertiary/aromatic N) is 2. The number of hydrogen-bond donors (Lipinski definition) is 1. The number of anilines is 1. The van der Waals surface area contributed by atoms with E-state index in [4.69, 9.17) is 0 Å². The lowest BCUT2D eigenvalue weighted by Gasteiger charge is -2.48. The number of likely N-dealkylation sites (tertiary alicyclic amines) is 1. The van der Waals surface area contributed by atoms with Crippen LogP contribution in [0.2, 0.25) is 0 Å². The van der Waals surface area contributed by atoms with Gasteiger partial charge in [0.1, 0.15) is 0 Å². The Labute approximate surface area is 181 Å². The topological polar surface area (TPSA) is 43.8 Å². The summed E-state index contributed by atoms with van der Waals surface area (Å²) in [6.45, 7) is 3.51. The summed E-state index contributed by atoms with van der Waals surface area (Å²) in [4.78, 5) is 18.2. The molecule has 2 aliphatic carbocycles. The number of aliphatic hydroxyl groups is 1. The molecule has 1 aromatic carbocycles. The molecule has 4 aliphatic rings. The summed E-state index contributed by atoms with van der Waals surface area (Å²) in [5.41, 5.74) is 4.47. The zero-order valence-corrected chi connectivity index (χ0v) is 18.7. The predicted octanol–water partition coefficient (Wildman–Crippen LogP) is 4.67. The summed E-state index contributed by atoms with van der Waals surface area (Å²) in [6.07, 6.45) is 10.0. The SMILES string of the molecule is CC(CC(=O)N1C(CCO)CC2CCCC1C2)C1CN(C)c2cccc(C3CC3)c21. The van der Waals surface area contributed by atoms with Crippen LogP contribution in [0.1, 0.15) is 87.7 Å². The molecule has 1 amide bonds. The largest absolute Gasteiger partial charge is 0.396 e. The van der Waals surface area contributed by atoms with Gasteiger partial charge < -0.3 is 14.9 Å². The van der Waals surface area contributed by atoms with Crippen molar-refractivity contribution in [3.8, 4) is 0 Å². The average Bonchev–Trinajstić information content (AvgIpc) is 3.51. The molecule has 2 saturated carbocycles. The van der Waals surface area contributed by atoms with E-state index in [0.29, 0.717) is 30.2 Å². The maximum Gasteiger partial charge on any atom is 0.223 e. The van der Waals surface area contributed by atoms with Crippen molar-refractivity contribution < 1.29 is 9.90 Å². The van der Waals surface area contributed by atoms with Crippen LogP contribution in [0, 0.1) is 11.8 Å². The number of carbonyl (C=O) groups excluding carboxylic acids is 1. The van der Waals surface area contributed by atoms with Crippen molar-refractivity contribution in [2.75, 3.05) is 25.1 Å². The van der Waals surface area contributed by atoms with Crippen molar-refractivity contribution >= 4 is 11.6 Å². The molecule has 3 fully saturated rings. The van der Waals surface area contributed by atoms with Crippen LogP contribution in [0.25, 0.3) is 0 Å². The van der Waals surface area contributed by atoms with Crippen LogP contribution < -0.4 is 4.90 Å². The molecule has 0 aromatic heterocycles. The Balaban J connectivity index is 1.34. The fraction of sp³-hybridized carbons (Fsp3) is 0.731. The van der Waals surface area contributed by atoms with E-state index in [2.05, 4.69) is 42.0 Å². The van der Waals surface area contributed by atoms with E-state index in [-0.39, 0.29) is 12.6 Å². The first-order valence-corrected chi connectivity index (χ1v) is 12.3. The Kier molecular flexibility index (Phi) is 5.55. The molecule has 0 radical (unpaired) electrons. The maximum absolute atomic E-state index is 13.6. The molecule has 5 rings (SSSR count). The number of hydrogen-bond acceptors (Lipinski definition) is 3. The van der Waals surface area contributed by atoms with Crippen molar-refractivity contribution in [1.82, 2.24) is 4.90 Å². The van der Waals surface area contributed by atoms with Gasteiger partial charge in [0.25, 0.3) is 0 Å². The minimum absolute atomic E-state index is 0.189. The normalized spacial score (nSPS) is 31.6. The Hall–Kier alpha value is -1.55. The number of rotatable bonds is 6. The smallest absolute Gasteiger partial charge is 0.223 e. The molecule has 2 aliphatic heterocycles. The first kappa shape index (κ1) is 20.4. The van der Waals surface area contributed by atoms with Crippen LogP contribution in [-0.2, 0) is 4.79 Å². The molecule has 1 aromatic rings. The lowest BCUT2D eigenvalue weighted by Crippen LogP contribution is -2.54. The third kappa shape index (κ3) is 3.66. The molecular weight excluding hydrogens is 372 g/mol. The molecular formula is C26H38N2O2. The van der Waals surface area contributed by atoms with Crippen LogP contribution >= 0.6 is 0 Å². The van der Waals surface area contributed by atoms with Crippen molar-refractivity contribution in [2.45, 2.75) is 88.6 Å². The van der Waals surface area contributed by atoms with Crippen LogP contribution in [0.15, 0.2) is 18.2 Å². The summed E-state index contributed by atoms with van der Waals surface area (Å²) in [5.74, 6) is 2.64. The number of likely N-dealkylation sites (N-methyl/N-ethyl adjacent to an activating group) is 1. The molecule has 1 saturated heterocycles. The highest BCUT2D eigenvalue weighted by Gasteiger charge is 2.42. The van der Waals surface area contributed by atoms with Gasteiger partial charge in [-0.15, -0.1) is 0 Å². The van der Waals surface area contributed by atoms with Crippen LogP contribution in [0.4, 0.5) is 5.69 Å². The molecule has 4 nitrogen and oxygen atoms in total. The summed E-state index contributed by atoms with van der Waals surface area (Å²) < 4.78 is 0. The molecule has 5 atom stereocenters. The van der Waals surface area contributed by atoms with Gasteiger partial charge >= 0.3 is 0 Å². The Morgan fingerprint density at radius 3 is 2.80 bits per heavy atom. The third-order valence-corrected chi connectivity index (χ3v) is 8.47. The van der Waals surface area contributed by atoms with Crippen LogP contribution in [0.5, 0.6) is 0 Å². The van der Waals surface area contributed by atoms with Crippen molar-refractivity contribution in [1.29, 1.82) is 0 Å². The van der Waals surface area contributed by atoms with Gasteiger partial charge in [0, 0.05) is 50.3 Å². The number of fused-ring (bicyclic) bond motifs is 3. The van der Waals surface area contributed by atoms with E-state index in [1.165, 1.54) is 43.4 Å². The molecule has 164 valence electrons. The summed E-state index contributed by atoms with van der Waals surface area (Å²) in [5, 5.41) is 9.62. The van der Waals surface area contributed by atoms with Gasteiger partial charge in [0.05, 0.1) is 0 Å². The fourth-order valence-electron chi connectivity index (χ4n) is 6.87. The van der Waals surface area contributed by atoms with Gasteiger partial charge in [-0.1, -0.05) is 31.9 Å². The highest BCUT2D eigenvalue weighted by molar-refractivity contribution is 5.78. The minimum atomic E-state index is 0.189. The molecule has 2 heterocycles. The second kappa shape index (κ2) is 8.18. The lowest BCUT2D eigenvalue weighted by atomic mass is 9.75. The van der Waals surface area contributed by atoms with Crippen molar-refractivity contribution in [2.24, 2.45) is 11.8 Å². The first-order valence-electron chi connectivity index (χ1n) is 12.3. The van der Waals surface area contributed by atoms with Gasteiger partial charge in [-0.2, -0.15) is 0 Å². The van der Waals surface area contributed by atoms with E-state index in [9.17, 15) is 9.90 Å². The van der Waals surface area contributed by atoms with Crippen molar-refractivity contribution in [3.05, 3.63) is 29.3 Å². The van der Waals surface area contributed by atoms with Gasteiger partial charge in [-0.3, -0.25) is 4.79 Å². The summed E-state index contributed by atoms with van der Waals surface area (Å²) in [6, 6.07) is 7.48. The lowest BCUT2D eigenvalue weighted by molar-refractivity contribution is -0.142. The number of benzene rings is 1. The highest BCUT2D eigenvalue weighted by Crippen LogP contribution is 2.50. The fourth-order valence-corrected chi connectivity index (χ4v) is 6.87. The van der Waals surface area contributed by atoms with E-state index in [1.54, 1.807) is 5.56 Å². The van der Waals surface area contributed by atoms with Gasteiger partial charge in [-0.05, 0) is 73.5 Å². The molecule has 4 heteroatoms. The number of piperidine rings is 1. The van der Waals surface area contributed by atoms with Gasteiger partial charge in [0.2, 0.25) is 5.91 Å². The standard InChI is InChI=1S/C26H38N2O2/c1-17(23-16-27(2)24-8-4-7-22(26(23)24)19-9-10-19)13-25(30)28-20-6-3-5-18(14-20)15-21(28)11-12-29/h4,7-8,17-21,23,29H,3,5-6,9-16H2,1-2H3. The minimum Gasteiger partial charge on any atom is -0.396 e. The van der Waals surface area contributed by atoms with Crippen LogP contribution in [0.3, 0.4) is 0 Å². The van der Waals surface area contributed by atoms with Gasteiger partial charge in [-0.25, -0.2) is 0 Å². The van der Waals surface area contributed by atoms with E-state index >= 15 is 0 Å². The third-order valence-electron chi connectivity index (χ3n) is 8.47. The molecule has 30 heavy (non-hydrogen) atoms. The molecule has 2 bridgehead atoms. The van der Waals surface area contributed by atoms with E-state index in [0.717, 1.165) is 37.6 Å². The number of amides is 1. The number of carbonyl (C=O) groups is 1. The van der Waals surface area contributed by atoms with Crippen molar-refractivity contribution in [3.63, 3.8) is 0 Å². The Morgan fingerprint density at radius 1 is 1.20 bits per heavy atom. The average molecular weight is 411 g/mol. The quantitative estimate of drug-likeness (QED) is 0.741. The summed E-state index contributed by atoms with van der Waals surface area (Å²) >= 11 is 0. The molecule has 1 N–H and O–H groups in total. The second-order valence-corrected chi connectivity index (χ2v) is 10.6. The monoisotopic (exact) mass is 410 g/mol. The highest BCUT2D eigenvalue weighted by atomic mass is 16.3.